The predicted octanol–water partition coefficient (Wildman–Crippen LogP) is 4.37. The third kappa shape index (κ3) is 2.85. The minimum Gasteiger partial charge on any atom is -0.305 e. The van der Waals surface area contributed by atoms with Gasteiger partial charge in [-0.05, 0) is 55.7 Å². The summed E-state index contributed by atoms with van der Waals surface area (Å²) >= 11 is 5.80. The molecule has 7 heteroatoms. The summed E-state index contributed by atoms with van der Waals surface area (Å²) in [6.45, 7) is 1.90. The summed E-state index contributed by atoms with van der Waals surface area (Å²) in [7, 11) is 0. The van der Waals surface area contributed by atoms with E-state index in [0.29, 0.717) is 18.5 Å². The van der Waals surface area contributed by atoms with Gasteiger partial charge in [-0.1, -0.05) is 11.6 Å². The first-order chi connectivity index (χ1) is 11.4. The monoisotopic (exact) mass is 348 g/mol. The normalized spacial score (nSPS) is 16.6. The van der Waals surface area contributed by atoms with Gasteiger partial charge in [0.15, 0.2) is 0 Å². The van der Waals surface area contributed by atoms with Crippen LogP contribution in [0.2, 0.25) is 5.02 Å². The Hall–Kier alpha value is -2.47. The van der Waals surface area contributed by atoms with Crippen molar-refractivity contribution in [2.45, 2.75) is 25.8 Å². The van der Waals surface area contributed by atoms with Crippen LogP contribution in [0.25, 0.3) is 0 Å². The van der Waals surface area contributed by atoms with Gasteiger partial charge in [0.2, 0.25) is 0 Å². The van der Waals surface area contributed by atoms with Gasteiger partial charge in [-0.3, -0.25) is 14.9 Å². The summed E-state index contributed by atoms with van der Waals surface area (Å²) in [5, 5.41) is 11.0. The van der Waals surface area contributed by atoms with Crippen LogP contribution >= 0.6 is 11.6 Å². The number of halogens is 2. The zero-order valence-electron chi connectivity index (χ0n) is 12.8. The van der Waals surface area contributed by atoms with Crippen LogP contribution in [0.3, 0.4) is 0 Å². The molecule has 124 valence electrons. The first-order valence-electron chi connectivity index (χ1n) is 7.44. The number of nitrogens with zero attached hydrogens (tertiary/aromatic N) is 2. The fourth-order valence-electron chi connectivity index (χ4n) is 2.95. The van der Waals surface area contributed by atoms with Crippen LogP contribution < -0.4 is 4.90 Å². The third-order valence-corrected chi connectivity index (χ3v) is 4.50. The number of carbonyl (C=O) groups is 1. The van der Waals surface area contributed by atoms with Crippen molar-refractivity contribution < 1.29 is 14.1 Å². The second-order valence-corrected chi connectivity index (χ2v) is 6.17. The van der Waals surface area contributed by atoms with Gasteiger partial charge in [-0.25, -0.2) is 4.39 Å². The highest BCUT2D eigenvalue weighted by Gasteiger charge is 2.30. The Balaban J connectivity index is 2.04. The van der Waals surface area contributed by atoms with Crippen LogP contribution in [0.5, 0.6) is 0 Å². The topological polar surface area (TPSA) is 63.5 Å². The molecule has 2 aromatic carbocycles. The van der Waals surface area contributed by atoms with Crippen molar-refractivity contribution in [3.8, 4) is 0 Å². The van der Waals surface area contributed by atoms with E-state index in [1.807, 2.05) is 6.92 Å². The van der Waals surface area contributed by atoms with Crippen LogP contribution in [0.1, 0.15) is 29.3 Å². The zero-order valence-corrected chi connectivity index (χ0v) is 13.6. The maximum absolute atomic E-state index is 13.4. The summed E-state index contributed by atoms with van der Waals surface area (Å²) in [5.41, 5.74) is 1.25. The Labute approximate surface area is 142 Å². The first kappa shape index (κ1) is 16.4. The number of amides is 1. The van der Waals surface area contributed by atoms with Gasteiger partial charge in [-0.15, -0.1) is 0 Å². The highest BCUT2D eigenvalue weighted by Crippen LogP contribution is 2.33. The maximum atomic E-state index is 13.4. The molecule has 0 spiro atoms. The molecule has 0 N–H and O–H groups in total. The number of carbonyl (C=O) groups excluding carboxylic acids is 1. The Morgan fingerprint density at radius 2 is 2.08 bits per heavy atom. The summed E-state index contributed by atoms with van der Waals surface area (Å²) in [5.74, 6) is -0.715. The molecule has 0 radical (unpaired) electrons. The Kier molecular flexibility index (Phi) is 4.24. The van der Waals surface area contributed by atoms with Crippen LogP contribution in [-0.2, 0) is 6.42 Å². The minimum atomic E-state index is -0.623. The summed E-state index contributed by atoms with van der Waals surface area (Å²) < 4.78 is 13.4. The van der Waals surface area contributed by atoms with Crippen LogP contribution in [-0.4, -0.2) is 16.9 Å². The van der Waals surface area contributed by atoms with Crippen molar-refractivity contribution in [2.24, 2.45) is 0 Å². The number of hydrogen-bond acceptors (Lipinski definition) is 3. The van der Waals surface area contributed by atoms with Crippen LogP contribution in [0.15, 0.2) is 36.4 Å². The van der Waals surface area contributed by atoms with E-state index in [1.165, 1.54) is 30.3 Å². The Morgan fingerprint density at radius 1 is 1.33 bits per heavy atom. The molecule has 2 aromatic rings. The third-order valence-electron chi connectivity index (χ3n) is 4.18. The van der Waals surface area contributed by atoms with Gasteiger partial charge < -0.3 is 4.90 Å². The van der Waals surface area contributed by atoms with E-state index in [0.717, 1.165) is 5.56 Å². The zero-order chi connectivity index (χ0) is 17.4. The van der Waals surface area contributed by atoms with Crippen LogP contribution in [0.4, 0.5) is 15.8 Å². The van der Waals surface area contributed by atoms with Crippen molar-refractivity contribution in [3.63, 3.8) is 0 Å². The average molecular weight is 349 g/mol. The van der Waals surface area contributed by atoms with Gasteiger partial charge in [-0.2, -0.15) is 0 Å². The lowest BCUT2D eigenvalue weighted by molar-refractivity contribution is -0.384. The summed E-state index contributed by atoms with van der Waals surface area (Å²) in [6.07, 6.45) is 1.37. The van der Waals surface area contributed by atoms with Crippen molar-refractivity contribution in [3.05, 3.63) is 68.5 Å². The Bertz CT molecular complexity index is 841. The molecule has 1 aliphatic rings. The highest BCUT2D eigenvalue weighted by atomic mass is 35.5. The van der Waals surface area contributed by atoms with E-state index in [9.17, 15) is 19.3 Å². The lowest BCUT2D eigenvalue weighted by Gasteiger charge is -2.35. The molecule has 0 bridgehead atoms. The maximum Gasteiger partial charge on any atom is 0.288 e. The van der Waals surface area contributed by atoms with Gasteiger partial charge in [0.1, 0.15) is 10.8 Å². The molecule has 0 saturated carbocycles. The molecular formula is C17H14ClFN2O3. The minimum absolute atomic E-state index is 0.0225. The number of rotatable bonds is 2. The molecule has 5 nitrogen and oxygen atoms in total. The number of fused-ring (bicyclic) bond motifs is 1. The molecule has 0 aliphatic carbocycles. The molecule has 0 unspecified atom stereocenters. The van der Waals surface area contributed by atoms with Crippen molar-refractivity contribution in [1.29, 1.82) is 0 Å². The number of aryl methyl sites for hydroxylation is 1. The van der Waals surface area contributed by atoms with E-state index in [2.05, 4.69) is 0 Å². The van der Waals surface area contributed by atoms with E-state index >= 15 is 0 Å². The van der Waals surface area contributed by atoms with Crippen molar-refractivity contribution in [1.82, 2.24) is 0 Å². The van der Waals surface area contributed by atoms with Crippen molar-refractivity contribution >= 4 is 28.9 Å². The molecule has 1 heterocycles. The molecule has 0 fully saturated rings. The fraction of sp³-hybridized carbons (Fsp3) is 0.235. The lowest BCUT2D eigenvalue weighted by atomic mass is 9.95. The summed E-state index contributed by atoms with van der Waals surface area (Å²) in [4.78, 5) is 24.9. The van der Waals surface area contributed by atoms with E-state index in [4.69, 9.17) is 11.6 Å². The Morgan fingerprint density at radius 3 is 2.79 bits per heavy atom. The molecule has 1 atom stereocenters. The molecule has 0 saturated heterocycles. The second kappa shape index (κ2) is 6.20. The average Bonchev–Trinajstić information content (AvgIpc) is 2.54. The molecule has 3 rings (SSSR count). The molecule has 1 aliphatic heterocycles. The number of hydrogen-bond donors (Lipinski definition) is 0. The predicted molar refractivity (Wildman–Crippen MR) is 89.1 cm³/mol. The van der Waals surface area contributed by atoms with E-state index < -0.39 is 4.92 Å². The van der Waals surface area contributed by atoms with Crippen molar-refractivity contribution in [2.75, 3.05) is 4.90 Å². The smallest absolute Gasteiger partial charge is 0.288 e. The van der Waals surface area contributed by atoms with Gasteiger partial charge in [0, 0.05) is 23.4 Å². The fourth-order valence-corrected chi connectivity index (χ4v) is 3.14. The van der Waals surface area contributed by atoms with Gasteiger partial charge >= 0.3 is 0 Å². The van der Waals surface area contributed by atoms with Crippen LogP contribution in [0, 0.1) is 15.9 Å². The quantitative estimate of drug-likeness (QED) is 0.598. The number of nitro groups is 1. The van der Waals surface area contributed by atoms with Gasteiger partial charge in [0.05, 0.1) is 4.92 Å². The number of benzene rings is 2. The lowest BCUT2D eigenvalue weighted by Crippen LogP contribution is -2.42. The van der Waals surface area contributed by atoms with Gasteiger partial charge in [0.25, 0.3) is 11.6 Å². The SMILES string of the molecule is C[C@H]1CCc2cc(F)ccc2N1C(=O)c1ccc(Cl)c([N+](=O)[O-])c1. The highest BCUT2D eigenvalue weighted by molar-refractivity contribution is 6.32. The standard InChI is InChI=1S/C17H14ClFN2O3/c1-10-2-3-11-8-13(19)5-7-15(11)20(10)17(22)12-4-6-14(18)16(9-12)21(23)24/h4-10H,2-3H2,1H3/t10-/m0/s1. The molecule has 1 amide bonds. The molecule has 0 aromatic heterocycles. The van der Waals surface area contributed by atoms with E-state index in [-0.39, 0.29) is 34.0 Å². The number of anilines is 1. The first-order valence-corrected chi connectivity index (χ1v) is 7.82. The summed E-state index contributed by atoms with van der Waals surface area (Å²) in [6, 6.07) is 8.19. The number of nitro benzene ring substituents is 1. The largest absolute Gasteiger partial charge is 0.305 e. The molecule has 24 heavy (non-hydrogen) atoms. The second-order valence-electron chi connectivity index (χ2n) is 5.76. The van der Waals surface area contributed by atoms with E-state index in [1.54, 1.807) is 11.0 Å². The molecular weight excluding hydrogens is 335 g/mol.